The molecule has 4 rings (SSSR count). The van der Waals surface area contributed by atoms with Gasteiger partial charge in [-0.2, -0.15) is 0 Å². The van der Waals surface area contributed by atoms with Crippen LogP contribution in [0.4, 0.5) is 5.13 Å². The average Bonchev–Trinajstić information content (AvgIpc) is 3.17. The molecule has 0 aliphatic rings. The highest BCUT2D eigenvalue weighted by atomic mass is 35.5. The monoisotopic (exact) mass is 468 g/mol. The Morgan fingerprint density at radius 1 is 1.32 bits per heavy atom. The third kappa shape index (κ3) is 4.66. The summed E-state index contributed by atoms with van der Waals surface area (Å²) in [5.74, 6) is -0.319. The van der Waals surface area contributed by atoms with Crippen LogP contribution in [0.2, 0.25) is 5.02 Å². The number of aromatic amines is 1. The van der Waals surface area contributed by atoms with Gasteiger partial charge in [0, 0.05) is 34.6 Å². The van der Waals surface area contributed by atoms with E-state index in [4.69, 9.17) is 23.8 Å². The third-order valence-electron chi connectivity index (χ3n) is 4.60. The summed E-state index contributed by atoms with van der Waals surface area (Å²) in [6, 6.07) is 12.5. The molecule has 2 aromatic carbocycles. The Kier molecular flexibility index (Phi) is 6.13. The van der Waals surface area contributed by atoms with Gasteiger partial charge in [0.25, 0.3) is 11.5 Å². The molecule has 9 heteroatoms. The van der Waals surface area contributed by atoms with E-state index in [0.717, 1.165) is 10.4 Å². The number of thiazole rings is 1. The topological polar surface area (TPSA) is 79.8 Å². The van der Waals surface area contributed by atoms with Gasteiger partial charge < -0.3 is 4.98 Å². The lowest BCUT2D eigenvalue weighted by atomic mass is 10.1. The molecule has 4 aromatic rings. The fourth-order valence-corrected chi connectivity index (χ4v) is 4.48. The number of H-pyrrole nitrogens is 1. The Bertz CT molecular complexity index is 1420. The first-order valence-electron chi connectivity index (χ1n) is 9.33. The van der Waals surface area contributed by atoms with Crippen molar-refractivity contribution in [3.63, 3.8) is 0 Å². The van der Waals surface area contributed by atoms with Crippen molar-refractivity contribution in [3.05, 3.63) is 97.5 Å². The highest BCUT2D eigenvalue weighted by Gasteiger charge is 2.12. The van der Waals surface area contributed by atoms with Crippen molar-refractivity contribution in [1.82, 2.24) is 14.5 Å². The smallest absolute Gasteiger partial charge is 0.262 e. The summed E-state index contributed by atoms with van der Waals surface area (Å²) >= 11 is 12.7. The minimum absolute atomic E-state index is 0.226. The van der Waals surface area contributed by atoms with Crippen LogP contribution in [0.5, 0.6) is 0 Å². The van der Waals surface area contributed by atoms with Gasteiger partial charge in [-0.15, -0.1) is 17.9 Å². The number of amides is 1. The second-order valence-corrected chi connectivity index (χ2v) is 8.73. The van der Waals surface area contributed by atoms with E-state index in [2.05, 4.69) is 21.9 Å². The van der Waals surface area contributed by atoms with Gasteiger partial charge in [0.2, 0.25) is 0 Å². The standard InChI is InChI=1S/C22H17ClN4O2S2/c1-2-8-27-20(29)17-7-6-14(11-18(17)25-22(27)30)19(28)26-21-24-12-16(31-21)10-13-4-3-5-15(23)9-13/h2-7,9,11-12H,1,8,10H2,(H,25,30)(H,24,26,28). The summed E-state index contributed by atoms with van der Waals surface area (Å²) in [5, 5.41) is 4.44. The molecule has 0 spiro atoms. The fraction of sp³-hybridized carbons (Fsp3) is 0.0909. The SMILES string of the molecule is C=CCn1c(=S)[nH]c2cc(C(=O)Nc3ncc(Cc4cccc(Cl)c4)s3)ccc2c1=O. The van der Waals surface area contributed by atoms with Crippen molar-refractivity contribution in [2.24, 2.45) is 0 Å². The number of anilines is 1. The van der Waals surface area contributed by atoms with Crippen molar-refractivity contribution in [2.45, 2.75) is 13.0 Å². The van der Waals surface area contributed by atoms with Gasteiger partial charge in [0.15, 0.2) is 9.90 Å². The Morgan fingerprint density at radius 2 is 2.16 bits per heavy atom. The second-order valence-electron chi connectivity index (χ2n) is 6.79. The van der Waals surface area contributed by atoms with Crippen molar-refractivity contribution in [3.8, 4) is 0 Å². The maximum Gasteiger partial charge on any atom is 0.262 e. The van der Waals surface area contributed by atoms with Crippen LogP contribution in [0, 0.1) is 4.77 Å². The highest BCUT2D eigenvalue weighted by Crippen LogP contribution is 2.23. The number of nitrogens with one attached hydrogen (secondary N) is 2. The molecule has 0 bridgehead atoms. The molecule has 0 saturated carbocycles. The molecular formula is C22H17ClN4O2S2. The summed E-state index contributed by atoms with van der Waals surface area (Å²) in [4.78, 5) is 33.6. The Balaban J connectivity index is 1.54. The van der Waals surface area contributed by atoms with Crippen LogP contribution in [0.3, 0.4) is 0 Å². The molecule has 2 heterocycles. The number of halogens is 1. The molecule has 31 heavy (non-hydrogen) atoms. The van der Waals surface area contributed by atoms with E-state index in [0.29, 0.717) is 39.6 Å². The molecule has 0 saturated heterocycles. The zero-order valence-corrected chi connectivity index (χ0v) is 18.6. The van der Waals surface area contributed by atoms with Crippen LogP contribution in [-0.2, 0) is 13.0 Å². The molecule has 0 aliphatic carbocycles. The number of aromatic nitrogens is 3. The maximum atomic E-state index is 12.7. The van der Waals surface area contributed by atoms with Crippen LogP contribution in [0.1, 0.15) is 20.8 Å². The van der Waals surface area contributed by atoms with E-state index in [1.807, 2.05) is 24.3 Å². The van der Waals surface area contributed by atoms with E-state index in [1.165, 1.54) is 15.9 Å². The predicted molar refractivity (Wildman–Crippen MR) is 128 cm³/mol. The van der Waals surface area contributed by atoms with E-state index < -0.39 is 0 Å². The lowest BCUT2D eigenvalue weighted by molar-refractivity contribution is 0.102. The normalized spacial score (nSPS) is 10.9. The molecule has 0 unspecified atom stereocenters. The van der Waals surface area contributed by atoms with Crippen molar-refractivity contribution < 1.29 is 4.79 Å². The zero-order chi connectivity index (χ0) is 22.0. The van der Waals surface area contributed by atoms with Gasteiger partial charge in [-0.25, -0.2) is 4.98 Å². The molecule has 156 valence electrons. The van der Waals surface area contributed by atoms with Gasteiger partial charge in [-0.3, -0.25) is 19.5 Å². The number of carbonyl (C=O) groups excluding carboxylic acids is 1. The molecule has 2 N–H and O–H groups in total. The van der Waals surface area contributed by atoms with Crippen molar-refractivity contribution in [1.29, 1.82) is 0 Å². The molecule has 0 atom stereocenters. The van der Waals surface area contributed by atoms with E-state index in [1.54, 1.807) is 30.5 Å². The number of hydrogen-bond donors (Lipinski definition) is 2. The molecule has 6 nitrogen and oxygen atoms in total. The lowest BCUT2D eigenvalue weighted by Crippen LogP contribution is -2.22. The number of fused-ring (bicyclic) bond motifs is 1. The van der Waals surface area contributed by atoms with Crippen molar-refractivity contribution >= 4 is 57.1 Å². The van der Waals surface area contributed by atoms with E-state index in [9.17, 15) is 9.59 Å². The average molecular weight is 469 g/mol. The van der Waals surface area contributed by atoms with Crippen LogP contribution in [0.25, 0.3) is 10.9 Å². The number of rotatable bonds is 6. The molecule has 0 fully saturated rings. The minimum Gasteiger partial charge on any atom is -0.332 e. The summed E-state index contributed by atoms with van der Waals surface area (Å²) in [7, 11) is 0. The molecule has 0 aliphatic heterocycles. The number of carbonyl (C=O) groups is 1. The Labute approximate surface area is 191 Å². The van der Waals surface area contributed by atoms with Gasteiger partial charge in [-0.05, 0) is 48.1 Å². The number of nitrogens with zero attached hydrogens (tertiary/aromatic N) is 2. The molecular weight excluding hydrogens is 452 g/mol. The van der Waals surface area contributed by atoms with Gasteiger partial charge >= 0.3 is 0 Å². The number of allylic oxidation sites excluding steroid dienone is 1. The minimum atomic E-state index is -0.319. The summed E-state index contributed by atoms with van der Waals surface area (Å²) < 4.78 is 1.70. The molecule has 0 radical (unpaired) electrons. The highest BCUT2D eigenvalue weighted by molar-refractivity contribution is 7.71. The van der Waals surface area contributed by atoms with Crippen molar-refractivity contribution in [2.75, 3.05) is 5.32 Å². The van der Waals surface area contributed by atoms with Crippen LogP contribution >= 0.6 is 35.2 Å². The predicted octanol–water partition coefficient (Wildman–Crippen LogP) is 5.20. The first kappa shape index (κ1) is 21.2. The number of benzene rings is 2. The largest absolute Gasteiger partial charge is 0.332 e. The van der Waals surface area contributed by atoms with Gasteiger partial charge in [0.05, 0.1) is 10.9 Å². The fourth-order valence-electron chi connectivity index (χ4n) is 3.16. The second kappa shape index (κ2) is 8.97. The Hall–Kier alpha value is -3.07. The first-order valence-corrected chi connectivity index (χ1v) is 10.9. The lowest BCUT2D eigenvalue weighted by Gasteiger charge is -2.07. The quantitative estimate of drug-likeness (QED) is 0.301. The molecule has 1 amide bonds. The zero-order valence-electron chi connectivity index (χ0n) is 16.2. The third-order valence-corrected chi connectivity index (χ3v) is 6.07. The van der Waals surface area contributed by atoms with E-state index >= 15 is 0 Å². The number of hydrogen-bond acceptors (Lipinski definition) is 5. The maximum absolute atomic E-state index is 12.7. The Morgan fingerprint density at radius 3 is 2.94 bits per heavy atom. The summed E-state index contributed by atoms with van der Waals surface area (Å²) in [6.45, 7) is 3.95. The van der Waals surface area contributed by atoms with Crippen LogP contribution < -0.4 is 10.9 Å². The van der Waals surface area contributed by atoms with Gasteiger partial charge in [-0.1, -0.05) is 29.8 Å². The van der Waals surface area contributed by atoms with Gasteiger partial charge in [0.1, 0.15) is 0 Å². The summed E-state index contributed by atoms with van der Waals surface area (Å²) in [5.41, 5.74) is 1.74. The van der Waals surface area contributed by atoms with E-state index in [-0.39, 0.29) is 16.2 Å². The molecule has 2 aromatic heterocycles. The van der Waals surface area contributed by atoms with Crippen LogP contribution in [-0.4, -0.2) is 20.4 Å². The summed E-state index contributed by atoms with van der Waals surface area (Å²) in [6.07, 6.45) is 4.02. The van der Waals surface area contributed by atoms with Crippen LogP contribution in [0.15, 0.2) is 66.1 Å². The first-order chi connectivity index (χ1) is 14.9.